The van der Waals surface area contributed by atoms with Gasteiger partial charge in [0.05, 0.1) is 26.1 Å². The van der Waals surface area contributed by atoms with Gasteiger partial charge in [0.25, 0.3) is 5.91 Å². The van der Waals surface area contributed by atoms with Crippen molar-refractivity contribution < 1.29 is 19.1 Å². The van der Waals surface area contributed by atoms with Gasteiger partial charge in [0, 0.05) is 31.4 Å². The van der Waals surface area contributed by atoms with Crippen molar-refractivity contribution in [1.82, 2.24) is 15.3 Å². The molecule has 1 heterocycles. The third-order valence-corrected chi connectivity index (χ3v) is 3.12. The summed E-state index contributed by atoms with van der Waals surface area (Å²) in [6.07, 6.45) is 4.38. The Bertz CT molecular complexity index is 706. The summed E-state index contributed by atoms with van der Waals surface area (Å²) < 4.78 is 10.3. The minimum Gasteiger partial charge on any atom is -0.497 e. The monoisotopic (exact) mass is 330 g/mol. The van der Waals surface area contributed by atoms with E-state index in [0.717, 1.165) is 0 Å². The van der Waals surface area contributed by atoms with E-state index in [9.17, 15) is 9.59 Å². The van der Waals surface area contributed by atoms with E-state index < -0.39 is 0 Å². The molecule has 0 spiro atoms. The Morgan fingerprint density at radius 3 is 2.67 bits per heavy atom. The number of nitrogens with one attached hydrogen (secondary N) is 2. The molecule has 0 bridgehead atoms. The fraction of sp³-hybridized carbons (Fsp3) is 0.250. The molecule has 0 unspecified atom stereocenters. The number of carbonyl (C=O) groups is 2. The Morgan fingerprint density at radius 2 is 2.00 bits per heavy atom. The van der Waals surface area contributed by atoms with Gasteiger partial charge in [0.1, 0.15) is 17.2 Å². The van der Waals surface area contributed by atoms with E-state index in [2.05, 4.69) is 20.6 Å². The third kappa shape index (κ3) is 4.67. The summed E-state index contributed by atoms with van der Waals surface area (Å²) in [6, 6.07) is 5.08. The molecule has 8 heteroatoms. The van der Waals surface area contributed by atoms with Gasteiger partial charge in [0.2, 0.25) is 5.91 Å². The molecule has 0 saturated heterocycles. The van der Waals surface area contributed by atoms with Crippen LogP contribution in [0.4, 0.5) is 5.69 Å². The zero-order chi connectivity index (χ0) is 17.4. The van der Waals surface area contributed by atoms with Crippen LogP contribution in [0.25, 0.3) is 0 Å². The predicted molar refractivity (Wildman–Crippen MR) is 87.2 cm³/mol. The summed E-state index contributed by atoms with van der Waals surface area (Å²) in [7, 11) is 3.05. The highest BCUT2D eigenvalue weighted by Crippen LogP contribution is 2.28. The molecule has 0 aliphatic heterocycles. The molecular weight excluding hydrogens is 312 g/mol. The maximum absolute atomic E-state index is 12.0. The van der Waals surface area contributed by atoms with Gasteiger partial charge in [0.15, 0.2) is 0 Å². The summed E-state index contributed by atoms with van der Waals surface area (Å²) >= 11 is 0. The van der Waals surface area contributed by atoms with Crippen molar-refractivity contribution in [2.45, 2.75) is 6.42 Å². The number of aromatic nitrogens is 2. The molecule has 1 aromatic heterocycles. The van der Waals surface area contributed by atoms with Crippen LogP contribution in [0.2, 0.25) is 0 Å². The lowest BCUT2D eigenvalue weighted by Crippen LogP contribution is -2.28. The Hall–Kier alpha value is -3.16. The second-order valence-corrected chi connectivity index (χ2v) is 4.71. The van der Waals surface area contributed by atoms with Gasteiger partial charge in [-0.3, -0.25) is 14.6 Å². The fourth-order valence-corrected chi connectivity index (χ4v) is 1.91. The van der Waals surface area contributed by atoms with E-state index in [4.69, 9.17) is 9.47 Å². The predicted octanol–water partition coefficient (Wildman–Crippen LogP) is 1.25. The van der Waals surface area contributed by atoms with Crippen LogP contribution in [0, 0.1) is 0 Å². The number of amides is 2. The quantitative estimate of drug-likeness (QED) is 0.792. The van der Waals surface area contributed by atoms with Crippen LogP contribution in [0.15, 0.2) is 36.8 Å². The second kappa shape index (κ2) is 8.47. The van der Waals surface area contributed by atoms with Gasteiger partial charge in [-0.1, -0.05) is 0 Å². The lowest BCUT2D eigenvalue weighted by Gasteiger charge is -2.11. The summed E-state index contributed by atoms with van der Waals surface area (Å²) in [5.41, 5.74) is 0.735. The van der Waals surface area contributed by atoms with Crippen molar-refractivity contribution in [1.29, 1.82) is 0 Å². The molecule has 0 radical (unpaired) electrons. The molecule has 24 heavy (non-hydrogen) atoms. The highest BCUT2D eigenvalue weighted by molar-refractivity contribution is 5.94. The smallest absolute Gasteiger partial charge is 0.271 e. The first-order valence-electron chi connectivity index (χ1n) is 7.20. The molecule has 2 N–H and O–H groups in total. The number of benzene rings is 1. The number of nitrogens with zero attached hydrogens (tertiary/aromatic N) is 2. The zero-order valence-corrected chi connectivity index (χ0v) is 13.4. The van der Waals surface area contributed by atoms with Gasteiger partial charge >= 0.3 is 0 Å². The number of methoxy groups -OCH3 is 2. The minimum atomic E-state index is -0.377. The molecule has 2 aromatic rings. The van der Waals surface area contributed by atoms with E-state index in [1.165, 1.54) is 25.7 Å². The summed E-state index contributed by atoms with van der Waals surface area (Å²) in [5, 5.41) is 5.34. The topological polar surface area (TPSA) is 102 Å². The van der Waals surface area contributed by atoms with E-state index >= 15 is 0 Å². The summed E-state index contributed by atoms with van der Waals surface area (Å²) in [4.78, 5) is 31.4. The van der Waals surface area contributed by atoms with E-state index in [-0.39, 0.29) is 30.5 Å². The zero-order valence-electron chi connectivity index (χ0n) is 13.4. The SMILES string of the molecule is COc1ccc(NC(=O)CCNC(=O)c2cnccn2)c(OC)c1. The molecule has 126 valence electrons. The number of hydrogen-bond acceptors (Lipinski definition) is 6. The molecule has 0 saturated carbocycles. The second-order valence-electron chi connectivity index (χ2n) is 4.71. The number of hydrogen-bond donors (Lipinski definition) is 2. The summed E-state index contributed by atoms with van der Waals surface area (Å²) in [6.45, 7) is 0.180. The Labute approximate surface area is 139 Å². The van der Waals surface area contributed by atoms with Crippen LogP contribution < -0.4 is 20.1 Å². The van der Waals surface area contributed by atoms with Crippen LogP contribution in [0.1, 0.15) is 16.9 Å². The van der Waals surface area contributed by atoms with E-state index in [1.54, 1.807) is 25.3 Å². The first-order chi connectivity index (χ1) is 11.6. The maximum atomic E-state index is 12.0. The Kier molecular flexibility index (Phi) is 6.07. The van der Waals surface area contributed by atoms with Gasteiger partial charge in [-0.2, -0.15) is 0 Å². The number of carbonyl (C=O) groups excluding carboxylic acids is 2. The van der Waals surface area contributed by atoms with Gasteiger partial charge < -0.3 is 20.1 Å². The van der Waals surface area contributed by atoms with Crippen LogP contribution in [0.5, 0.6) is 11.5 Å². The van der Waals surface area contributed by atoms with E-state index in [0.29, 0.717) is 17.2 Å². The number of ether oxygens (including phenoxy) is 2. The molecule has 0 fully saturated rings. The molecular formula is C16H18N4O4. The van der Waals surface area contributed by atoms with Crippen LogP contribution in [-0.4, -0.2) is 42.5 Å². The van der Waals surface area contributed by atoms with Gasteiger partial charge in [-0.25, -0.2) is 4.98 Å². The highest BCUT2D eigenvalue weighted by atomic mass is 16.5. The first-order valence-corrected chi connectivity index (χ1v) is 7.20. The van der Waals surface area contributed by atoms with Crippen LogP contribution in [0.3, 0.4) is 0 Å². The van der Waals surface area contributed by atoms with Crippen LogP contribution >= 0.6 is 0 Å². The van der Waals surface area contributed by atoms with Crippen molar-refractivity contribution in [3.8, 4) is 11.5 Å². The number of rotatable bonds is 7. The first kappa shape index (κ1) is 17.2. The molecule has 0 aliphatic carbocycles. The molecule has 0 atom stereocenters. The minimum absolute atomic E-state index is 0.112. The molecule has 0 aliphatic rings. The normalized spacial score (nSPS) is 9.92. The lowest BCUT2D eigenvalue weighted by molar-refractivity contribution is -0.116. The largest absolute Gasteiger partial charge is 0.497 e. The standard InChI is InChI=1S/C16H18N4O4/c1-23-11-3-4-12(14(9-11)24-2)20-15(21)5-6-19-16(22)13-10-17-7-8-18-13/h3-4,7-10H,5-6H2,1-2H3,(H,19,22)(H,20,21). The fourth-order valence-electron chi connectivity index (χ4n) is 1.91. The molecule has 2 amide bonds. The molecule has 2 rings (SSSR count). The van der Waals surface area contributed by atoms with Crippen molar-refractivity contribution in [2.75, 3.05) is 26.1 Å². The molecule has 1 aromatic carbocycles. The molecule has 8 nitrogen and oxygen atoms in total. The number of anilines is 1. The van der Waals surface area contributed by atoms with Crippen LogP contribution in [-0.2, 0) is 4.79 Å². The Balaban J connectivity index is 1.84. The van der Waals surface area contributed by atoms with Gasteiger partial charge in [-0.15, -0.1) is 0 Å². The van der Waals surface area contributed by atoms with Crippen molar-refractivity contribution in [2.24, 2.45) is 0 Å². The van der Waals surface area contributed by atoms with Crippen molar-refractivity contribution >= 4 is 17.5 Å². The maximum Gasteiger partial charge on any atom is 0.271 e. The van der Waals surface area contributed by atoms with Gasteiger partial charge in [-0.05, 0) is 12.1 Å². The van der Waals surface area contributed by atoms with Crippen molar-refractivity contribution in [3.63, 3.8) is 0 Å². The third-order valence-electron chi connectivity index (χ3n) is 3.12. The van der Waals surface area contributed by atoms with Crippen molar-refractivity contribution in [3.05, 3.63) is 42.5 Å². The van der Waals surface area contributed by atoms with E-state index in [1.807, 2.05) is 0 Å². The average molecular weight is 330 g/mol. The lowest BCUT2D eigenvalue weighted by atomic mass is 10.2. The average Bonchev–Trinajstić information content (AvgIpc) is 2.62. The Morgan fingerprint density at radius 1 is 1.17 bits per heavy atom. The summed E-state index contributed by atoms with van der Waals surface area (Å²) in [5.74, 6) is 0.489. The highest BCUT2D eigenvalue weighted by Gasteiger charge is 2.10.